The summed E-state index contributed by atoms with van der Waals surface area (Å²) in [5, 5.41) is 4.55. The number of anilines is 1. The number of fused-ring (bicyclic) bond motifs is 1. The molecule has 0 unspecified atom stereocenters. The predicted molar refractivity (Wildman–Crippen MR) is 146 cm³/mol. The van der Waals surface area contributed by atoms with Crippen molar-refractivity contribution in [2.45, 2.75) is 64.6 Å². The number of pyridine rings is 2. The second-order valence-electron chi connectivity index (χ2n) is 9.93. The van der Waals surface area contributed by atoms with Gasteiger partial charge in [0.05, 0.1) is 5.69 Å². The number of hydrogen-bond donors (Lipinski definition) is 2. The lowest BCUT2D eigenvalue weighted by Gasteiger charge is -2.29. The molecule has 0 spiro atoms. The molecule has 0 bridgehead atoms. The highest BCUT2D eigenvalue weighted by atomic mass is 35.5. The second-order valence-corrected chi connectivity index (χ2v) is 10.3. The lowest BCUT2D eigenvalue weighted by molar-refractivity contribution is 0.323. The molecule has 186 valence electrons. The number of aryl methyl sites for hydroxylation is 1. The molecule has 7 nitrogen and oxygen atoms in total. The van der Waals surface area contributed by atoms with Crippen LogP contribution in [-0.2, 0) is 0 Å². The number of benzene rings is 1. The first-order valence-corrected chi connectivity index (χ1v) is 12.9. The van der Waals surface area contributed by atoms with Gasteiger partial charge in [-0.15, -0.1) is 0 Å². The van der Waals surface area contributed by atoms with E-state index in [2.05, 4.69) is 15.3 Å². The maximum Gasteiger partial charge on any atom is 0.260 e. The number of hydrogen-bond acceptors (Lipinski definition) is 6. The number of rotatable bonds is 5. The Morgan fingerprint density at radius 3 is 2.53 bits per heavy atom. The highest BCUT2D eigenvalue weighted by molar-refractivity contribution is 6.33. The Bertz CT molecular complexity index is 1470. The third-order valence-electron chi connectivity index (χ3n) is 6.74. The summed E-state index contributed by atoms with van der Waals surface area (Å²) < 4.78 is 1.84. The van der Waals surface area contributed by atoms with E-state index in [1.807, 2.05) is 67.8 Å². The Hall–Kier alpha value is -3.29. The molecule has 0 atom stereocenters. The third-order valence-corrected chi connectivity index (χ3v) is 7.05. The SMILES string of the molecule is Cc1cccc(-c2ccc(-c3cc4cnc(NC(C)C)nc4n([C@H]4CC[C@H](N)CC4)c3=O)c(Cl)c2)n1. The first-order chi connectivity index (χ1) is 17.3. The maximum atomic E-state index is 14.0. The topological polar surface area (TPSA) is 98.7 Å². The fourth-order valence-corrected chi connectivity index (χ4v) is 5.22. The second kappa shape index (κ2) is 9.99. The average molecular weight is 503 g/mol. The van der Waals surface area contributed by atoms with Crippen molar-refractivity contribution in [3.8, 4) is 22.4 Å². The van der Waals surface area contributed by atoms with Gasteiger partial charge in [-0.1, -0.05) is 29.8 Å². The van der Waals surface area contributed by atoms with Crippen LogP contribution in [0.4, 0.5) is 5.95 Å². The third kappa shape index (κ3) is 4.86. The van der Waals surface area contributed by atoms with Gasteiger partial charge in [-0.25, -0.2) is 4.98 Å². The Labute approximate surface area is 215 Å². The molecular formula is C28H31ClN6O. The summed E-state index contributed by atoms with van der Waals surface area (Å²) in [5.41, 5.74) is 10.6. The number of nitrogens with two attached hydrogens (primary N) is 1. The van der Waals surface area contributed by atoms with E-state index in [0.29, 0.717) is 27.7 Å². The van der Waals surface area contributed by atoms with Crippen molar-refractivity contribution in [1.82, 2.24) is 19.5 Å². The van der Waals surface area contributed by atoms with Crippen LogP contribution in [-0.4, -0.2) is 31.6 Å². The summed E-state index contributed by atoms with van der Waals surface area (Å²) in [6.45, 7) is 6.02. The van der Waals surface area contributed by atoms with Crippen LogP contribution in [0.1, 0.15) is 51.3 Å². The van der Waals surface area contributed by atoms with Crippen molar-refractivity contribution in [1.29, 1.82) is 0 Å². The first-order valence-electron chi connectivity index (χ1n) is 12.5. The molecule has 0 saturated heterocycles. The molecule has 0 amide bonds. The summed E-state index contributed by atoms with van der Waals surface area (Å²) in [7, 11) is 0. The Morgan fingerprint density at radius 1 is 1.06 bits per heavy atom. The molecule has 4 aromatic rings. The van der Waals surface area contributed by atoms with Crippen molar-refractivity contribution in [3.63, 3.8) is 0 Å². The number of halogens is 1. The summed E-state index contributed by atoms with van der Waals surface area (Å²) in [4.78, 5) is 27.9. The summed E-state index contributed by atoms with van der Waals surface area (Å²) >= 11 is 6.78. The van der Waals surface area contributed by atoms with Crippen LogP contribution in [0.2, 0.25) is 5.02 Å². The Morgan fingerprint density at radius 2 is 1.83 bits per heavy atom. The normalized spacial score (nSPS) is 18.1. The van der Waals surface area contributed by atoms with Gasteiger partial charge in [0.15, 0.2) is 0 Å². The first kappa shape index (κ1) is 24.4. The maximum absolute atomic E-state index is 14.0. The lowest BCUT2D eigenvalue weighted by Crippen LogP contribution is -2.33. The molecule has 3 N–H and O–H groups in total. The molecule has 1 saturated carbocycles. The van der Waals surface area contributed by atoms with Crippen molar-refractivity contribution in [3.05, 3.63) is 69.7 Å². The minimum Gasteiger partial charge on any atom is -0.352 e. The molecule has 0 aliphatic heterocycles. The minimum absolute atomic E-state index is 0.0242. The molecule has 3 heterocycles. The molecule has 0 radical (unpaired) electrons. The molecule has 5 rings (SSSR count). The molecule has 36 heavy (non-hydrogen) atoms. The van der Waals surface area contributed by atoms with E-state index in [1.165, 1.54) is 0 Å². The molecule has 8 heteroatoms. The highest BCUT2D eigenvalue weighted by Gasteiger charge is 2.25. The van der Waals surface area contributed by atoms with E-state index in [9.17, 15) is 4.79 Å². The van der Waals surface area contributed by atoms with Crippen molar-refractivity contribution >= 4 is 28.6 Å². The van der Waals surface area contributed by atoms with Crippen molar-refractivity contribution in [2.24, 2.45) is 5.73 Å². The largest absolute Gasteiger partial charge is 0.352 e. The fraction of sp³-hybridized carbons (Fsp3) is 0.357. The van der Waals surface area contributed by atoms with Gasteiger partial charge in [-0.2, -0.15) is 4.98 Å². The van der Waals surface area contributed by atoms with Gasteiger partial charge in [0.25, 0.3) is 5.56 Å². The fourth-order valence-electron chi connectivity index (χ4n) is 4.94. The average Bonchev–Trinajstić information content (AvgIpc) is 2.84. The van der Waals surface area contributed by atoms with Gasteiger partial charge in [0, 0.05) is 57.1 Å². The van der Waals surface area contributed by atoms with Crippen molar-refractivity contribution < 1.29 is 0 Å². The van der Waals surface area contributed by atoms with Gasteiger partial charge in [0.2, 0.25) is 5.95 Å². The smallest absolute Gasteiger partial charge is 0.260 e. The monoisotopic (exact) mass is 502 g/mol. The van der Waals surface area contributed by atoms with Gasteiger partial charge >= 0.3 is 0 Å². The van der Waals surface area contributed by atoms with Gasteiger partial charge < -0.3 is 11.1 Å². The van der Waals surface area contributed by atoms with E-state index in [0.717, 1.165) is 48.0 Å². The molecule has 1 aromatic carbocycles. The highest BCUT2D eigenvalue weighted by Crippen LogP contribution is 2.34. The molecule has 1 aliphatic rings. The van der Waals surface area contributed by atoms with Crippen LogP contribution < -0.4 is 16.6 Å². The zero-order valence-electron chi connectivity index (χ0n) is 20.8. The van der Waals surface area contributed by atoms with Crippen LogP contribution in [0.3, 0.4) is 0 Å². The summed E-state index contributed by atoms with van der Waals surface area (Å²) in [6.07, 6.45) is 5.21. The van der Waals surface area contributed by atoms with E-state index in [1.54, 1.807) is 6.20 Å². The van der Waals surface area contributed by atoms with E-state index < -0.39 is 0 Å². The zero-order chi connectivity index (χ0) is 25.4. The molecule has 3 aromatic heterocycles. The van der Waals surface area contributed by atoms with Gasteiger partial charge in [0.1, 0.15) is 5.65 Å². The quantitative estimate of drug-likeness (QED) is 0.361. The Kier molecular flexibility index (Phi) is 6.77. The zero-order valence-corrected chi connectivity index (χ0v) is 21.6. The van der Waals surface area contributed by atoms with E-state index in [4.69, 9.17) is 22.3 Å². The minimum atomic E-state index is -0.0968. The van der Waals surface area contributed by atoms with Crippen LogP contribution in [0.5, 0.6) is 0 Å². The summed E-state index contributed by atoms with van der Waals surface area (Å²) in [5.74, 6) is 0.513. The van der Waals surface area contributed by atoms with E-state index in [-0.39, 0.29) is 23.7 Å². The van der Waals surface area contributed by atoms with E-state index >= 15 is 0 Å². The van der Waals surface area contributed by atoms with Gasteiger partial charge in [-0.05, 0) is 70.7 Å². The molecule has 1 aliphatic carbocycles. The summed E-state index contributed by atoms with van der Waals surface area (Å²) in [6, 6.07) is 13.9. The van der Waals surface area contributed by atoms with Crippen LogP contribution in [0.15, 0.2) is 53.5 Å². The van der Waals surface area contributed by atoms with Crippen LogP contribution in [0, 0.1) is 6.92 Å². The number of nitrogens with one attached hydrogen (secondary N) is 1. The predicted octanol–water partition coefficient (Wildman–Crippen LogP) is 5.75. The van der Waals surface area contributed by atoms with Crippen LogP contribution in [0.25, 0.3) is 33.4 Å². The van der Waals surface area contributed by atoms with Crippen molar-refractivity contribution in [2.75, 3.05) is 5.32 Å². The van der Waals surface area contributed by atoms with Crippen LogP contribution >= 0.6 is 11.6 Å². The van der Waals surface area contributed by atoms with Gasteiger partial charge in [-0.3, -0.25) is 14.3 Å². The standard InChI is InChI=1S/C28H31ClN6O/c1-16(2)32-28-31-15-19-13-23(27(36)35(26(19)34-28)21-10-8-20(30)9-11-21)22-12-7-18(14-24(22)29)25-6-4-5-17(3)33-25/h4-7,12-16,20-21H,8-11,30H2,1-3H3,(H,31,32,34)/t20-,21-. The number of nitrogens with zero attached hydrogens (tertiary/aromatic N) is 4. The Balaban J connectivity index is 1.66. The lowest BCUT2D eigenvalue weighted by atomic mass is 9.91. The molecule has 1 fully saturated rings. The number of aromatic nitrogens is 4. The molecular weight excluding hydrogens is 472 g/mol.